The van der Waals surface area contributed by atoms with Crippen LogP contribution in [0.25, 0.3) is 10.9 Å². The molecule has 0 bridgehead atoms. The second kappa shape index (κ2) is 4.76. The maximum absolute atomic E-state index is 12.4. The number of nitriles is 1. The van der Waals surface area contributed by atoms with E-state index in [1.807, 2.05) is 17.0 Å². The molecule has 0 saturated carbocycles. The van der Waals surface area contributed by atoms with Crippen molar-refractivity contribution in [3.8, 4) is 6.07 Å². The van der Waals surface area contributed by atoms with Crippen LogP contribution in [0.2, 0.25) is 0 Å². The largest absolute Gasteiger partial charge is 0.294 e. The Balaban J connectivity index is 2.15. The minimum atomic E-state index is 0.00380. The third-order valence-corrected chi connectivity index (χ3v) is 3.79. The number of nitrogens with zero attached hydrogens (tertiary/aromatic N) is 4. The first kappa shape index (κ1) is 12.3. The Labute approximate surface area is 118 Å². The topological polar surface area (TPSA) is 61.9 Å². The lowest BCUT2D eigenvalue weighted by Gasteiger charge is -2.27. The smallest absolute Gasteiger partial charge is 0.261 e. The average molecular weight is 319 g/mol. The van der Waals surface area contributed by atoms with Crippen molar-refractivity contribution in [1.29, 1.82) is 5.26 Å². The predicted molar refractivity (Wildman–Crippen MR) is 74.6 cm³/mol. The average Bonchev–Trinajstić information content (AvgIpc) is 2.38. The molecule has 1 aliphatic rings. The van der Waals surface area contributed by atoms with Gasteiger partial charge in [-0.15, -0.1) is 0 Å². The van der Waals surface area contributed by atoms with Gasteiger partial charge in [-0.05, 0) is 18.2 Å². The summed E-state index contributed by atoms with van der Waals surface area (Å²) in [6.45, 7) is 2.22. The molecule has 0 fully saturated rings. The number of hydrogen-bond acceptors (Lipinski definition) is 4. The van der Waals surface area contributed by atoms with Gasteiger partial charge < -0.3 is 0 Å². The Bertz CT molecular complexity index is 747. The SMILES string of the molecule is N#CCN1CCn2c(nc3cc(Br)ccc3c2=O)C1. The van der Waals surface area contributed by atoms with Crippen LogP contribution in [0, 0.1) is 11.3 Å². The Kier molecular flexibility index (Phi) is 3.09. The number of fused-ring (bicyclic) bond motifs is 2. The zero-order valence-electron chi connectivity index (χ0n) is 10.1. The zero-order valence-corrected chi connectivity index (χ0v) is 11.7. The zero-order chi connectivity index (χ0) is 13.4. The van der Waals surface area contributed by atoms with Gasteiger partial charge in [-0.3, -0.25) is 14.3 Å². The number of benzene rings is 1. The van der Waals surface area contributed by atoms with E-state index < -0.39 is 0 Å². The highest BCUT2D eigenvalue weighted by molar-refractivity contribution is 9.10. The fourth-order valence-corrected chi connectivity index (χ4v) is 2.70. The fourth-order valence-electron chi connectivity index (χ4n) is 2.35. The molecule has 6 heteroatoms. The first-order chi connectivity index (χ1) is 9.19. The first-order valence-electron chi connectivity index (χ1n) is 5.97. The van der Waals surface area contributed by atoms with Crippen LogP contribution in [-0.2, 0) is 13.1 Å². The molecule has 0 radical (unpaired) electrons. The Morgan fingerprint density at radius 1 is 1.42 bits per heavy atom. The quantitative estimate of drug-likeness (QED) is 0.747. The van der Waals surface area contributed by atoms with Crippen LogP contribution in [-0.4, -0.2) is 27.5 Å². The second-order valence-corrected chi connectivity index (χ2v) is 5.43. The molecule has 2 heterocycles. The lowest BCUT2D eigenvalue weighted by molar-refractivity contribution is 0.237. The van der Waals surface area contributed by atoms with E-state index >= 15 is 0 Å². The summed E-state index contributed by atoms with van der Waals surface area (Å²) in [4.78, 5) is 18.9. The lowest BCUT2D eigenvalue weighted by atomic mass is 10.2. The van der Waals surface area contributed by atoms with E-state index in [9.17, 15) is 4.79 Å². The minimum Gasteiger partial charge on any atom is -0.294 e. The predicted octanol–water partition coefficient (Wildman–Crippen LogP) is 1.50. The van der Waals surface area contributed by atoms with Gasteiger partial charge >= 0.3 is 0 Å². The van der Waals surface area contributed by atoms with E-state index in [0.717, 1.165) is 10.3 Å². The van der Waals surface area contributed by atoms with Gasteiger partial charge in [0.05, 0.1) is 30.1 Å². The van der Waals surface area contributed by atoms with Crippen LogP contribution < -0.4 is 5.56 Å². The van der Waals surface area contributed by atoms with Gasteiger partial charge in [0.25, 0.3) is 5.56 Å². The van der Waals surface area contributed by atoms with Gasteiger partial charge in [0.1, 0.15) is 5.82 Å². The van der Waals surface area contributed by atoms with Crippen molar-refractivity contribution in [1.82, 2.24) is 14.5 Å². The van der Waals surface area contributed by atoms with Gasteiger partial charge in [0, 0.05) is 17.6 Å². The molecular weight excluding hydrogens is 308 g/mol. The monoisotopic (exact) mass is 318 g/mol. The molecule has 1 aromatic heterocycles. The highest BCUT2D eigenvalue weighted by Gasteiger charge is 2.19. The second-order valence-electron chi connectivity index (χ2n) is 4.52. The molecule has 96 valence electrons. The summed E-state index contributed by atoms with van der Waals surface area (Å²) in [5, 5.41) is 9.38. The molecule has 0 aliphatic carbocycles. The summed E-state index contributed by atoms with van der Waals surface area (Å²) in [5.74, 6) is 0.733. The van der Waals surface area contributed by atoms with Crippen molar-refractivity contribution in [2.24, 2.45) is 0 Å². The maximum Gasteiger partial charge on any atom is 0.261 e. The molecule has 19 heavy (non-hydrogen) atoms. The molecule has 0 saturated heterocycles. The van der Waals surface area contributed by atoms with Crippen LogP contribution >= 0.6 is 15.9 Å². The van der Waals surface area contributed by atoms with Crippen LogP contribution in [0.3, 0.4) is 0 Å². The van der Waals surface area contributed by atoms with Crippen molar-refractivity contribution >= 4 is 26.8 Å². The van der Waals surface area contributed by atoms with Gasteiger partial charge in [-0.1, -0.05) is 15.9 Å². The van der Waals surface area contributed by atoms with Crippen LogP contribution in [0.5, 0.6) is 0 Å². The van der Waals surface area contributed by atoms with E-state index in [-0.39, 0.29) is 5.56 Å². The third-order valence-electron chi connectivity index (χ3n) is 3.30. The molecule has 3 rings (SSSR count). The summed E-state index contributed by atoms with van der Waals surface area (Å²) in [7, 11) is 0. The number of hydrogen-bond donors (Lipinski definition) is 0. The standard InChI is InChI=1S/C13H11BrN4O/c14-9-1-2-10-11(7-9)16-12-8-17(4-3-15)5-6-18(12)13(10)19/h1-2,7H,4-6,8H2. The molecule has 0 amide bonds. The van der Waals surface area contributed by atoms with Gasteiger partial charge in [0.2, 0.25) is 0 Å². The van der Waals surface area contributed by atoms with E-state index in [1.54, 1.807) is 10.6 Å². The maximum atomic E-state index is 12.4. The third kappa shape index (κ3) is 2.15. The van der Waals surface area contributed by atoms with Crippen LogP contribution in [0.15, 0.2) is 27.5 Å². The fraction of sp³-hybridized carbons (Fsp3) is 0.308. The van der Waals surface area contributed by atoms with Gasteiger partial charge in [-0.25, -0.2) is 4.98 Å². The Morgan fingerprint density at radius 2 is 2.26 bits per heavy atom. The van der Waals surface area contributed by atoms with Crippen molar-refractivity contribution in [2.75, 3.05) is 13.1 Å². The number of aromatic nitrogens is 2. The summed E-state index contributed by atoms with van der Waals surface area (Å²) < 4.78 is 2.62. The molecule has 0 unspecified atom stereocenters. The normalized spacial score (nSPS) is 15.2. The van der Waals surface area contributed by atoms with E-state index in [0.29, 0.717) is 37.1 Å². The first-order valence-corrected chi connectivity index (χ1v) is 6.76. The molecule has 0 atom stereocenters. The van der Waals surface area contributed by atoms with Gasteiger partial charge in [0.15, 0.2) is 0 Å². The van der Waals surface area contributed by atoms with Crippen molar-refractivity contribution < 1.29 is 0 Å². The minimum absolute atomic E-state index is 0.00380. The number of halogens is 1. The summed E-state index contributed by atoms with van der Waals surface area (Å²) in [6.07, 6.45) is 0. The van der Waals surface area contributed by atoms with Crippen molar-refractivity contribution in [2.45, 2.75) is 13.1 Å². The molecule has 2 aromatic rings. The molecular formula is C13H11BrN4O. The molecule has 1 aliphatic heterocycles. The lowest BCUT2D eigenvalue weighted by Crippen LogP contribution is -2.40. The highest BCUT2D eigenvalue weighted by Crippen LogP contribution is 2.17. The summed E-state index contributed by atoms with van der Waals surface area (Å²) >= 11 is 3.39. The van der Waals surface area contributed by atoms with Gasteiger partial charge in [-0.2, -0.15) is 5.26 Å². The van der Waals surface area contributed by atoms with Crippen LogP contribution in [0.4, 0.5) is 0 Å². The highest BCUT2D eigenvalue weighted by atomic mass is 79.9. The summed E-state index contributed by atoms with van der Waals surface area (Å²) in [5.41, 5.74) is 0.702. The molecule has 0 spiro atoms. The van der Waals surface area contributed by atoms with E-state index in [2.05, 4.69) is 27.0 Å². The van der Waals surface area contributed by atoms with Crippen molar-refractivity contribution in [3.05, 3.63) is 38.9 Å². The van der Waals surface area contributed by atoms with E-state index in [1.165, 1.54) is 0 Å². The molecule has 1 aromatic carbocycles. The Hall–Kier alpha value is -1.71. The number of rotatable bonds is 1. The molecule has 0 N–H and O–H groups in total. The van der Waals surface area contributed by atoms with Crippen molar-refractivity contribution in [3.63, 3.8) is 0 Å². The molecule has 5 nitrogen and oxygen atoms in total. The van der Waals surface area contributed by atoms with E-state index in [4.69, 9.17) is 5.26 Å². The van der Waals surface area contributed by atoms with Crippen LogP contribution in [0.1, 0.15) is 5.82 Å². The summed E-state index contributed by atoms with van der Waals surface area (Å²) in [6, 6.07) is 7.63. The Morgan fingerprint density at radius 3 is 3.05 bits per heavy atom.